The Morgan fingerprint density at radius 2 is 1.05 bits per heavy atom. The van der Waals surface area contributed by atoms with Crippen LogP contribution in [0.25, 0.3) is 22.3 Å². The zero-order valence-electron chi connectivity index (χ0n) is 27.7. The van der Waals surface area contributed by atoms with Crippen LogP contribution in [-0.4, -0.2) is 126 Å². The minimum absolute atomic E-state index is 0.0609. The van der Waals surface area contributed by atoms with Gasteiger partial charge in [-0.2, -0.15) is 0 Å². The molecule has 0 aliphatic carbocycles. The van der Waals surface area contributed by atoms with Crippen molar-refractivity contribution in [3.63, 3.8) is 0 Å². The van der Waals surface area contributed by atoms with E-state index in [1.807, 2.05) is 0 Å². The molecule has 300 valence electrons. The highest BCUT2D eigenvalue weighted by Gasteiger charge is 2.45. The molecule has 0 spiro atoms. The van der Waals surface area contributed by atoms with Crippen LogP contribution in [-0.2, 0) is 50.0 Å². The Morgan fingerprint density at radius 1 is 0.673 bits per heavy atom. The lowest BCUT2D eigenvalue weighted by Gasteiger charge is -2.24. The van der Waals surface area contributed by atoms with Gasteiger partial charge in [-0.25, -0.2) is 38.5 Å². The molecule has 2 aliphatic rings. The van der Waals surface area contributed by atoms with E-state index in [9.17, 15) is 52.6 Å². The predicted octanol–water partition coefficient (Wildman–Crippen LogP) is 0.127. The summed E-state index contributed by atoms with van der Waals surface area (Å²) in [7, 11) is -21.9. The quantitative estimate of drug-likeness (QED) is 0.0547. The van der Waals surface area contributed by atoms with E-state index in [0.29, 0.717) is 0 Å². The molecule has 2 saturated heterocycles. The van der Waals surface area contributed by atoms with E-state index in [1.54, 1.807) is 0 Å². The molecule has 0 amide bonds. The normalized spacial score (nSPS) is 28.7. The van der Waals surface area contributed by atoms with Crippen LogP contribution in [0.1, 0.15) is 25.3 Å². The molecular weight excluding hydrogens is 842 g/mol. The molecule has 0 bridgehead atoms. The van der Waals surface area contributed by atoms with Crippen molar-refractivity contribution in [1.29, 1.82) is 0 Å². The van der Waals surface area contributed by atoms with E-state index in [1.165, 1.54) is 34.4 Å². The topological polar surface area (TPSA) is 401 Å². The van der Waals surface area contributed by atoms with Gasteiger partial charge in [-0.05, 0) is 0 Å². The highest BCUT2D eigenvalue weighted by Crippen LogP contribution is 2.72. The molecular formula is C22H32BN10O17P5. The number of rotatable bonds is 16. The van der Waals surface area contributed by atoms with Gasteiger partial charge in [0.15, 0.2) is 34.7 Å². The summed E-state index contributed by atoms with van der Waals surface area (Å²) in [4.78, 5) is 64.7. The van der Waals surface area contributed by atoms with Gasteiger partial charge in [0, 0.05) is 12.8 Å². The van der Waals surface area contributed by atoms with E-state index in [2.05, 4.69) is 38.5 Å². The van der Waals surface area contributed by atoms with Gasteiger partial charge in [0.25, 0.3) is 7.47 Å². The Morgan fingerprint density at radius 3 is 1.44 bits per heavy atom. The second-order valence-electron chi connectivity index (χ2n) is 12.2. The molecule has 6 heterocycles. The van der Waals surface area contributed by atoms with Crippen LogP contribution >= 0.6 is 37.9 Å². The van der Waals surface area contributed by atoms with Crippen molar-refractivity contribution in [2.75, 3.05) is 36.5 Å². The molecule has 11 atom stereocenters. The van der Waals surface area contributed by atoms with Crippen LogP contribution in [0, 0.1) is 0 Å². The average Bonchev–Trinajstić information content (AvgIpc) is 3.82. The van der Waals surface area contributed by atoms with Crippen molar-refractivity contribution in [2.24, 2.45) is 0 Å². The molecule has 0 aromatic carbocycles. The van der Waals surface area contributed by atoms with Gasteiger partial charge in [0.05, 0.1) is 38.1 Å². The number of hydrogen-bond acceptors (Lipinski definition) is 21. The lowest BCUT2D eigenvalue weighted by molar-refractivity contribution is -0.0395. The van der Waals surface area contributed by atoms with Crippen molar-refractivity contribution in [3.8, 4) is 0 Å². The zero-order chi connectivity index (χ0) is 40.1. The van der Waals surface area contributed by atoms with Crippen LogP contribution in [0.5, 0.6) is 0 Å². The van der Waals surface area contributed by atoms with Gasteiger partial charge < -0.3 is 59.8 Å². The number of aliphatic hydroxyl groups is 2. The van der Waals surface area contributed by atoms with Crippen LogP contribution in [0.15, 0.2) is 25.3 Å². The van der Waals surface area contributed by atoms with Gasteiger partial charge in [0.1, 0.15) is 48.4 Å². The Labute approximate surface area is 309 Å². The molecule has 4 aromatic rings. The molecule has 2 aliphatic heterocycles. The number of anilines is 2. The summed E-state index contributed by atoms with van der Waals surface area (Å²) in [6.07, 6.45) is -1.94. The molecule has 2 fully saturated rings. The number of ether oxygens (including phenoxy) is 2. The van der Waals surface area contributed by atoms with Crippen molar-refractivity contribution in [1.82, 2.24) is 39.0 Å². The standard InChI is InChI=1S/C22H32BN10O17P5/c23-55(44,49-53(40,41)9-51(36,37)45-3-13-11(34)1-15(47-13)32-7-30-17-19(24)26-5-28-21(17)32)50-54(42,43)10-52(38,39)46-4-14-12(35)2-16(48-14)33-8-31-18-20(25)27-6-29-22(18)33/h5-8,11-16,34-35H,1-4,9-10H2,(H,36,37)(H,38,39)(H,40,41)(H,42,43)(H2,24,26,28)(H2,25,27,29)/t11-,12?,13-,14?,15-,16?,55?/m1/s1. The fraction of sp³-hybridized carbons (Fsp3) is 0.545. The third-order valence-electron chi connectivity index (χ3n) is 7.88. The Kier molecular flexibility index (Phi) is 12.0. The van der Waals surface area contributed by atoms with Crippen LogP contribution in [0.3, 0.4) is 0 Å². The molecule has 33 heteroatoms. The summed E-state index contributed by atoms with van der Waals surface area (Å²) < 4.78 is 95.6. The second kappa shape index (κ2) is 15.6. The van der Waals surface area contributed by atoms with Crippen molar-refractivity contribution in [2.45, 2.75) is 49.7 Å². The van der Waals surface area contributed by atoms with Crippen LogP contribution in [0.2, 0.25) is 0 Å². The first-order chi connectivity index (χ1) is 25.5. The van der Waals surface area contributed by atoms with Gasteiger partial charge in [-0.3, -0.25) is 32.0 Å². The van der Waals surface area contributed by atoms with Crippen molar-refractivity contribution < 1.29 is 79.8 Å². The average molecular weight is 874 g/mol. The first-order valence-corrected chi connectivity index (χ1v) is 24.1. The molecule has 10 N–H and O–H groups in total. The van der Waals surface area contributed by atoms with E-state index in [4.69, 9.17) is 37.6 Å². The maximum atomic E-state index is 12.7. The highest BCUT2D eigenvalue weighted by atomic mass is 31.3. The number of fused-ring (bicyclic) bond motifs is 2. The number of aromatic nitrogens is 8. The summed E-state index contributed by atoms with van der Waals surface area (Å²) in [5.41, 5.74) is 12.6. The molecule has 0 saturated carbocycles. The van der Waals surface area contributed by atoms with Crippen LogP contribution in [0.4, 0.5) is 11.6 Å². The summed E-state index contributed by atoms with van der Waals surface area (Å²) in [6, 6.07) is 0. The summed E-state index contributed by atoms with van der Waals surface area (Å²) in [5, 5.41) is 20.9. The lowest BCUT2D eigenvalue weighted by atomic mass is 10.2. The van der Waals surface area contributed by atoms with Gasteiger partial charge in [-0.15, -0.1) is 0 Å². The van der Waals surface area contributed by atoms with E-state index in [-0.39, 0.29) is 46.8 Å². The maximum Gasteiger partial charge on any atom is 0.346 e. The predicted molar refractivity (Wildman–Crippen MR) is 185 cm³/mol. The van der Waals surface area contributed by atoms with E-state index >= 15 is 0 Å². The van der Waals surface area contributed by atoms with Gasteiger partial charge in [0.2, 0.25) is 7.57 Å². The minimum Gasteiger partial charge on any atom is -0.390 e. The number of hydrogen-bond donors (Lipinski definition) is 8. The Hall–Kier alpha value is -2.57. The number of aliphatic hydroxyl groups excluding tert-OH is 2. The fourth-order valence-corrected chi connectivity index (χ4v) is 15.2. The largest absolute Gasteiger partial charge is 0.390 e. The SMILES string of the molecule is [B]P(=O)(OP(=O)(O)CP(=O)(O)OCC1OC(n2cnc3c(N)ncnc32)CC1O)OP(=O)(O)CP(=O)(O)OC[C@H]1O[C@@H](n2cnc3c(N)ncnc32)C[C@H]1O. The maximum absolute atomic E-state index is 12.7. The van der Waals surface area contributed by atoms with Crippen molar-refractivity contribution in [3.05, 3.63) is 25.3 Å². The number of nitrogen functional groups attached to an aromatic ring is 2. The third-order valence-corrected chi connectivity index (χ3v) is 18.6. The smallest absolute Gasteiger partial charge is 0.346 e. The number of imidazole rings is 2. The molecule has 6 rings (SSSR count). The first-order valence-electron chi connectivity index (χ1n) is 15.4. The molecule has 55 heavy (non-hydrogen) atoms. The number of nitrogens with zero attached hydrogens (tertiary/aromatic N) is 8. The molecule has 27 nitrogen and oxygen atoms in total. The number of nitrogens with two attached hydrogens (primary N) is 2. The summed E-state index contributed by atoms with van der Waals surface area (Å²) in [6.45, 7) is -1.62. The Bertz CT molecular complexity index is 2160. The van der Waals surface area contributed by atoms with E-state index in [0.717, 1.165) is 0 Å². The van der Waals surface area contributed by atoms with Gasteiger partial charge >= 0.3 is 30.4 Å². The minimum atomic E-state index is -5.61. The highest BCUT2D eigenvalue weighted by molar-refractivity contribution is 7.89. The van der Waals surface area contributed by atoms with Crippen LogP contribution < -0.4 is 11.5 Å². The lowest BCUT2D eigenvalue weighted by Crippen LogP contribution is -2.26. The third kappa shape index (κ3) is 10.1. The molecule has 8 unspecified atom stereocenters. The first kappa shape index (κ1) is 42.1. The molecule has 2 radical (unpaired) electrons. The fourth-order valence-electron chi connectivity index (χ4n) is 5.57. The zero-order valence-corrected chi connectivity index (χ0v) is 32.2. The molecule has 4 aromatic heterocycles. The van der Waals surface area contributed by atoms with E-state index < -0.39 is 99.7 Å². The monoisotopic (exact) mass is 874 g/mol. The Balaban J connectivity index is 0.980. The second-order valence-corrected chi connectivity index (χ2v) is 22.4. The van der Waals surface area contributed by atoms with Crippen molar-refractivity contribution >= 4 is 79.4 Å². The summed E-state index contributed by atoms with van der Waals surface area (Å²) in [5.74, 6) is -3.39. The summed E-state index contributed by atoms with van der Waals surface area (Å²) >= 11 is 0. The van der Waals surface area contributed by atoms with Gasteiger partial charge in [-0.1, -0.05) is 0 Å².